The van der Waals surface area contributed by atoms with E-state index in [2.05, 4.69) is 10.5 Å². The normalized spacial score (nSPS) is 14.5. The predicted octanol–water partition coefficient (Wildman–Crippen LogP) is 2.62. The van der Waals surface area contributed by atoms with Gasteiger partial charge in [0.15, 0.2) is 0 Å². The number of ether oxygens (including phenoxy) is 3. The molecular weight excluding hydrogens is 308 g/mol. The molecule has 1 heterocycles. The van der Waals surface area contributed by atoms with Crippen LogP contribution in [0.3, 0.4) is 0 Å². The highest BCUT2D eigenvalue weighted by Crippen LogP contribution is 2.25. The van der Waals surface area contributed by atoms with Crippen LogP contribution in [0.15, 0.2) is 47.6 Å². The highest BCUT2D eigenvalue weighted by molar-refractivity contribution is 6.05. The molecule has 1 aliphatic heterocycles. The van der Waals surface area contributed by atoms with Crippen LogP contribution in [-0.2, 0) is 0 Å². The van der Waals surface area contributed by atoms with Crippen molar-refractivity contribution >= 4 is 11.6 Å². The molecule has 3 rings (SSSR count). The van der Waals surface area contributed by atoms with Crippen molar-refractivity contribution in [2.45, 2.75) is 6.42 Å². The quantitative estimate of drug-likeness (QED) is 0.877. The molecule has 0 saturated heterocycles. The molecule has 2 aromatic carbocycles. The van der Waals surface area contributed by atoms with Crippen LogP contribution in [0.1, 0.15) is 22.3 Å². The first-order valence-electron chi connectivity index (χ1n) is 7.53. The molecule has 0 aromatic heterocycles. The Hall–Kier alpha value is -3.02. The van der Waals surface area contributed by atoms with Gasteiger partial charge < -0.3 is 14.2 Å². The van der Waals surface area contributed by atoms with Crippen LogP contribution in [0, 0.1) is 0 Å². The van der Waals surface area contributed by atoms with Gasteiger partial charge in [-0.1, -0.05) is 12.1 Å². The third-order valence-electron chi connectivity index (χ3n) is 3.70. The van der Waals surface area contributed by atoms with Gasteiger partial charge in [-0.3, -0.25) is 4.79 Å². The van der Waals surface area contributed by atoms with E-state index >= 15 is 0 Å². The smallest absolute Gasteiger partial charge is 0.271 e. The molecular formula is C18H18N2O4. The molecule has 1 N–H and O–H groups in total. The van der Waals surface area contributed by atoms with Gasteiger partial charge in [0.05, 0.1) is 26.5 Å². The maximum Gasteiger partial charge on any atom is 0.271 e. The number of benzene rings is 2. The van der Waals surface area contributed by atoms with Crippen LogP contribution in [0.25, 0.3) is 0 Å². The molecule has 6 nitrogen and oxygen atoms in total. The van der Waals surface area contributed by atoms with E-state index in [0.29, 0.717) is 30.1 Å². The molecule has 24 heavy (non-hydrogen) atoms. The second-order valence-electron chi connectivity index (χ2n) is 5.20. The summed E-state index contributed by atoms with van der Waals surface area (Å²) in [5, 5.41) is 4.27. The standard InChI is InChI=1S/C18H18N2O4/c1-22-13-9-12(10-14(11-13)23-2)18(21)20-19-16-7-8-24-17-6-4-3-5-15(16)17/h3-6,9-11H,7-8H2,1-2H3,(H,20,21)/b19-16-. The van der Waals surface area contributed by atoms with Gasteiger partial charge in [0.2, 0.25) is 0 Å². The van der Waals surface area contributed by atoms with Crippen LogP contribution in [0.4, 0.5) is 0 Å². The molecule has 2 aromatic rings. The van der Waals surface area contributed by atoms with Crippen LogP contribution in [0.2, 0.25) is 0 Å². The molecule has 0 saturated carbocycles. The van der Waals surface area contributed by atoms with Gasteiger partial charge in [-0.25, -0.2) is 5.43 Å². The Balaban J connectivity index is 1.81. The SMILES string of the molecule is COc1cc(OC)cc(C(=O)N/N=C2/CCOc3ccccc32)c1. The van der Waals surface area contributed by atoms with E-state index in [1.54, 1.807) is 18.2 Å². The largest absolute Gasteiger partial charge is 0.497 e. The summed E-state index contributed by atoms with van der Waals surface area (Å²) in [6.07, 6.45) is 0.638. The first-order valence-corrected chi connectivity index (χ1v) is 7.53. The number of hydrogen-bond acceptors (Lipinski definition) is 5. The van der Waals surface area contributed by atoms with Gasteiger partial charge in [-0.15, -0.1) is 0 Å². The molecule has 0 bridgehead atoms. The molecule has 6 heteroatoms. The summed E-state index contributed by atoms with van der Waals surface area (Å²) in [5.74, 6) is 1.54. The summed E-state index contributed by atoms with van der Waals surface area (Å²) < 4.78 is 15.9. The third-order valence-corrected chi connectivity index (χ3v) is 3.70. The monoisotopic (exact) mass is 326 g/mol. The average Bonchev–Trinajstić information content (AvgIpc) is 2.65. The Labute approximate surface area is 140 Å². The molecule has 1 aliphatic rings. The highest BCUT2D eigenvalue weighted by atomic mass is 16.5. The minimum atomic E-state index is -0.330. The van der Waals surface area contributed by atoms with Crippen molar-refractivity contribution in [3.63, 3.8) is 0 Å². The number of carbonyl (C=O) groups is 1. The van der Waals surface area contributed by atoms with Crippen molar-refractivity contribution in [1.82, 2.24) is 5.43 Å². The number of hydrogen-bond donors (Lipinski definition) is 1. The van der Waals surface area contributed by atoms with Crippen molar-refractivity contribution in [3.05, 3.63) is 53.6 Å². The van der Waals surface area contributed by atoms with Gasteiger partial charge in [0.25, 0.3) is 5.91 Å². The molecule has 1 amide bonds. The van der Waals surface area contributed by atoms with Crippen molar-refractivity contribution in [2.75, 3.05) is 20.8 Å². The zero-order chi connectivity index (χ0) is 16.9. The Morgan fingerprint density at radius 3 is 2.54 bits per heavy atom. The van der Waals surface area contributed by atoms with Crippen LogP contribution < -0.4 is 19.6 Å². The number of methoxy groups -OCH3 is 2. The van der Waals surface area contributed by atoms with E-state index < -0.39 is 0 Å². The fourth-order valence-electron chi connectivity index (χ4n) is 2.46. The lowest BCUT2D eigenvalue weighted by Gasteiger charge is -2.18. The fourth-order valence-corrected chi connectivity index (χ4v) is 2.46. The van der Waals surface area contributed by atoms with E-state index in [-0.39, 0.29) is 5.91 Å². The van der Waals surface area contributed by atoms with Gasteiger partial charge in [-0.2, -0.15) is 5.10 Å². The molecule has 124 valence electrons. The number of para-hydroxylation sites is 1. The fraction of sp³-hybridized carbons (Fsp3) is 0.222. The van der Waals surface area contributed by atoms with E-state index in [0.717, 1.165) is 17.0 Å². The topological polar surface area (TPSA) is 69.2 Å². The zero-order valence-corrected chi connectivity index (χ0v) is 13.5. The summed E-state index contributed by atoms with van der Waals surface area (Å²) in [6, 6.07) is 12.6. The van der Waals surface area contributed by atoms with E-state index in [9.17, 15) is 4.79 Å². The summed E-state index contributed by atoms with van der Waals surface area (Å²) in [4.78, 5) is 12.4. The number of amides is 1. The Morgan fingerprint density at radius 1 is 1.12 bits per heavy atom. The van der Waals surface area contributed by atoms with E-state index in [4.69, 9.17) is 14.2 Å². The second-order valence-corrected chi connectivity index (χ2v) is 5.20. The summed E-state index contributed by atoms with van der Waals surface area (Å²) in [6.45, 7) is 0.540. The molecule has 0 radical (unpaired) electrons. The van der Waals surface area contributed by atoms with Crippen molar-refractivity contribution < 1.29 is 19.0 Å². The number of hydrazone groups is 1. The maximum absolute atomic E-state index is 12.4. The lowest BCUT2D eigenvalue weighted by molar-refractivity contribution is 0.0954. The molecule has 0 aliphatic carbocycles. The van der Waals surface area contributed by atoms with Gasteiger partial charge >= 0.3 is 0 Å². The molecule has 0 unspecified atom stereocenters. The van der Waals surface area contributed by atoms with Crippen molar-refractivity contribution in [3.8, 4) is 17.2 Å². The van der Waals surface area contributed by atoms with Crippen LogP contribution >= 0.6 is 0 Å². The number of nitrogens with zero attached hydrogens (tertiary/aromatic N) is 1. The predicted molar refractivity (Wildman–Crippen MR) is 90.1 cm³/mol. The maximum atomic E-state index is 12.4. The molecule has 0 spiro atoms. The lowest BCUT2D eigenvalue weighted by atomic mass is 10.0. The number of fused-ring (bicyclic) bond motifs is 1. The highest BCUT2D eigenvalue weighted by Gasteiger charge is 2.17. The zero-order valence-electron chi connectivity index (χ0n) is 13.5. The van der Waals surface area contributed by atoms with Crippen molar-refractivity contribution in [1.29, 1.82) is 0 Å². The molecule has 0 fully saturated rings. The number of rotatable bonds is 4. The van der Waals surface area contributed by atoms with Crippen molar-refractivity contribution in [2.24, 2.45) is 5.10 Å². The summed E-state index contributed by atoms with van der Waals surface area (Å²) >= 11 is 0. The van der Waals surface area contributed by atoms with Gasteiger partial charge in [0.1, 0.15) is 17.2 Å². The second kappa shape index (κ2) is 7.04. The first-order chi connectivity index (χ1) is 11.7. The summed E-state index contributed by atoms with van der Waals surface area (Å²) in [5.41, 5.74) is 4.69. The van der Waals surface area contributed by atoms with Gasteiger partial charge in [0, 0.05) is 23.6 Å². The number of carbonyl (C=O) groups excluding carboxylic acids is 1. The Kier molecular flexibility index (Phi) is 4.65. The molecule has 0 atom stereocenters. The van der Waals surface area contributed by atoms with E-state index in [1.165, 1.54) is 14.2 Å². The van der Waals surface area contributed by atoms with E-state index in [1.807, 2.05) is 24.3 Å². The Bertz CT molecular complexity index is 764. The average molecular weight is 326 g/mol. The Morgan fingerprint density at radius 2 is 1.83 bits per heavy atom. The number of nitrogens with one attached hydrogen (secondary N) is 1. The van der Waals surface area contributed by atoms with Gasteiger partial charge in [-0.05, 0) is 24.3 Å². The minimum absolute atomic E-state index is 0.330. The third kappa shape index (κ3) is 3.32. The minimum Gasteiger partial charge on any atom is -0.497 e. The lowest BCUT2D eigenvalue weighted by Crippen LogP contribution is -2.23. The van der Waals surface area contributed by atoms with Crippen LogP contribution in [0.5, 0.6) is 17.2 Å². The summed E-state index contributed by atoms with van der Waals surface area (Å²) in [7, 11) is 3.07. The van der Waals surface area contributed by atoms with Crippen LogP contribution in [-0.4, -0.2) is 32.4 Å². The first kappa shape index (κ1) is 15.9.